The molecule has 1 N–H and O–H groups in total. The molecule has 6 nitrogen and oxygen atoms in total. The summed E-state index contributed by atoms with van der Waals surface area (Å²) in [5.74, 6) is 1.26. The van der Waals surface area contributed by atoms with Gasteiger partial charge in [-0.2, -0.15) is 5.10 Å². The summed E-state index contributed by atoms with van der Waals surface area (Å²) in [6.07, 6.45) is 3.57. The number of H-pyrrole nitrogens is 1. The van der Waals surface area contributed by atoms with Gasteiger partial charge in [-0.25, -0.2) is 9.78 Å². The van der Waals surface area contributed by atoms with E-state index in [2.05, 4.69) is 22.1 Å². The number of hydrogen-bond acceptors (Lipinski definition) is 5. The van der Waals surface area contributed by atoms with E-state index in [0.29, 0.717) is 18.3 Å². The third-order valence-electron chi connectivity index (χ3n) is 4.60. The number of unbranched alkanes of at least 4 members (excludes halogenated alkanes) is 3. The van der Waals surface area contributed by atoms with Gasteiger partial charge in [-0.05, 0) is 19.4 Å². The molecule has 6 heteroatoms. The molecule has 1 heterocycles. The molecule has 2 aromatic carbocycles. The van der Waals surface area contributed by atoms with Crippen LogP contribution in [0.4, 0.5) is 4.79 Å². The van der Waals surface area contributed by atoms with Crippen molar-refractivity contribution in [3.05, 3.63) is 59.7 Å². The predicted octanol–water partition coefficient (Wildman–Crippen LogP) is 5.68. The molecule has 152 valence electrons. The summed E-state index contributed by atoms with van der Waals surface area (Å²) in [5, 5.41) is 7.33. The van der Waals surface area contributed by atoms with E-state index in [9.17, 15) is 4.79 Å². The summed E-state index contributed by atoms with van der Waals surface area (Å²) < 4.78 is 10.4. The second kappa shape index (κ2) is 10.4. The maximum atomic E-state index is 11.8. The Morgan fingerprint density at radius 3 is 2.72 bits per heavy atom. The third kappa shape index (κ3) is 5.91. The van der Waals surface area contributed by atoms with Crippen molar-refractivity contribution in [2.45, 2.75) is 46.1 Å². The summed E-state index contributed by atoms with van der Waals surface area (Å²) in [5.41, 5.74) is 3.78. The number of carbonyl (C=O) groups excluding carboxylic acids is 1. The van der Waals surface area contributed by atoms with Crippen LogP contribution in [-0.4, -0.2) is 27.9 Å². The van der Waals surface area contributed by atoms with Crippen molar-refractivity contribution in [3.63, 3.8) is 0 Å². The molecule has 0 saturated carbocycles. The minimum atomic E-state index is -0.644. The fourth-order valence-electron chi connectivity index (χ4n) is 3.04. The zero-order chi connectivity index (χ0) is 20.5. The van der Waals surface area contributed by atoms with E-state index in [1.807, 2.05) is 55.5 Å². The first-order chi connectivity index (χ1) is 14.2. The van der Waals surface area contributed by atoms with Gasteiger partial charge in [-0.15, -0.1) is 0 Å². The molecular formula is C23H27N3O3. The molecule has 0 radical (unpaired) electrons. The van der Waals surface area contributed by atoms with Gasteiger partial charge in [0, 0.05) is 16.7 Å². The quantitative estimate of drug-likeness (QED) is 0.374. The number of nitrogens with zero attached hydrogens (tertiary/aromatic N) is 2. The average Bonchev–Trinajstić information content (AvgIpc) is 3.22. The predicted molar refractivity (Wildman–Crippen MR) is 112 cm³/mol. The van der Waals surface area contributed by atoms with Crippen LogP contribution in [-0.2, 0) is 16.1 Å². The number of carbonyl (C=O) groups is 1. The summed E-state index contributed by atoms with van der Waals surface area (Å²) in [7, 11) is 0. The Hall–Kier alpha value is -3.15. The summed E-state index contributed by atoms with van der Waals surface area (Å²) in [6, 6.07) is 15.7. The van der Waals surface area contributed by atoms with E-state index in [1.54, 1.807) is 0 Å². The van der Waals surface area contributed by atoms with E-state index in [0.717, 1.165) is 47.9 Å². The van der Waals surface area contributed by atoms with Crippen molar-refractivity contribution in [1.82, 2.24) is 15.2 Å². The highest BCUT2D eigenvalue weighted by atomic mass is 16.7. The van der Waals surface area contributed by atoms with Crippen LogP contribution in [0.25, 0.3) is 22.8 Å². The van der Waals surface area contributed by atoms with Crippen molar-refractivity contribution in [3.8, 4) is 22.8 Å². The minimum absolute atomic E-state index is 0.116. The van der Waals surface area contributed by atoms with Gasteiger partial charge in [0.2, 0.25) is 0 Å². The van der Waals surface area contributed by atoms with E-state index in [4.69, 9.17) is 9.47 Å². The van der Waals surface area contributed by atoms with Crippen LogP contribution in [0.15, 0.2) is 48.5 Å². The second-order valence-electron chi connectivity index (χ2n) is 6.98. The van der Waals surface area contributed by atoms with E-state index in [-0.39, 0.29) is 6.61 Å². The molecule has 0 fully saturated rings. The Kier molecular flexibility index (Phi) is 7.39. The van der Waals surface area contributed by atoms with Crippen LogP contribution >= 0.6 is 0 Å². The molecule has 0 amide bonds. The largest absolute Gasteiger partial charge is 0.508 e. The summed E-state index contributed by atoms with van der Waals surface area (Å²) >= 11 is 0. The molecule has 0 aliphatic heterocycles. The average molecular weight is 393 g/mol. The van der Waals surface area contributed by atoms with Crippen molar-refractivity contribution in [2.24, 2.45) is 0 Å². The lowest BCUT2D eigenvalue weighted by Gasteiger charge is -2.09. The molecule has 0 bridgehead atoms. The number of hydrogen-bond donors (Lipinski definition) is 1. The van der Waals surface area contributed by atoms with Gasteiger partial charge in [0.05, 0.1) is 6.61 Å². The summed E-state index contributed by atoms with van der Waals surface area (Å²) in [4.78, 5) is 16.5. The zero-order valence-electron chi connectivity index (χ0n) is 17.0. The molecule has 0 saturated heterocycles. The van der Waals surface area contributed by atoms with Crippen LogP contribution in [0.5, 0.6) is 0 Å². The number of ether oxygens (including phenoxy) is 2. The molecular weight excluding hydrogens is 366 g/mol. The fourth-order valence-corrected chi connectivity index (χ4v) is 3.04. The van der Waals surface area contributed by atoms with Crippen LogP contribution in [0.1, 0.15) is 43.7 Å². The van der Waals surface area contributed by atoms with E-state index in [1.165, 1.54) is 0 Å². The van der Waals surface area contributed by atoms with Crippen LogP contribution in [0, 0.1) is 6.92 Å². The molecule has 0 unspecified atom stereocenters. The lowest BCUT2D eigenvalue weighted by molar-refractivity contribution is 0.0489. The number of aromatic amines is 1. The molecule has 3 rings (SSSR count). The number of aryl methyl sites for hydroxylation is 1. The Morgan fingerprint density at radius 1 is 1.03 bits per heavy atom. The fraction of sp³-hybridized carbons (Fsp3) is 0.348. The Bertz CT molecular complexity index is 936. The molecule has 0 atom stereocenters. The molecule has 29 heavy (non-hydrogen) atoms. The highest BCUT2D eigenvalue weighted by molar-refractivity contribution is 5.65. The van der Waals surface area contributed by atoms with E-state index < -0.39 is 6.16 Å². The Balaban J connectivity index is 1.63. The van der Waals surface area contributed by atoms with Crippen molar-refractivity contribution >= 4 is 6.16 Å². The third-order valence-corrected chi connectivity index (χ3v) is 4.60. The molecule has 3 aromatic rings. The highest BCUT2D eigenvalue weighted by Gasteiger charge is 2.13. The lowest BCUT2D eigenvalue weighted by atomic mass is 10.1. The Morgan fingerprint density at radius 2 is 1.90 bits per heavy atom. The maximum absolute atomic E-state index is 11.8. The van der Waals surface area contributed by atoms with Gasteiger partial charge in [-0.3, -0.25) is 5.10 Å². The number of rotatable bonds is 9. The number of aromatic nitrogens is 3. The Labute approximate surface area is 171 Å². The molecule has 0 aliphatic rings. The molecule has 0 aliphatic carbocycles. The first-order valence-electron chi connectivity index (χ1n) is 10.0. The number of benzene rings is 2. The molecule has 0 spiro atoms. The van der Waals surface area contributed by atoms with E-state index >= 15 is 0 Å². The van der Waals surface area contributed by atoms with Gasteiger partial charge < -0.3 is 9.47 Å². The number of nitrogens with one attached hydrogen (secondary N) is 1. The van der Waals surface area contributed by atoms with Gasteiger partial charge in [0.15, 0.2) is 11.6 Å². The van der Waals surface area contributed by atoms with Crippen molar-refractivity contribution < 1.29 is 14.3 Å². The first kappa shape index (κ1) is 20.6. The summed E-state index contributed by atoms with van der Waals surface area (Å²) in [6.45, 7) is 4.68. The van der Waals surface area contributed by atoms with Crippen LogP contribution in [0.2, 0.25) is 0 Å². The highest BCUT2D eigenvalue weighted by Crippen LogP contribution is 2.24. The topological polar surface area (TPSA) is 77.1 Å². The standard InChI is InChI=1S/C23H27N3O3/c1-3-4-5-8-14-28-23(27)29-16-19-11-6-7-13-20(19)22-24-21(25-26-22)18-12-9-10-17(2)15-18/h6-7,9-13,15H,3-5,8,14,16H2,1-2H3,(H,24,25,26). The van der Waals surface area contributed by atoms with Gasteiger partial charge >= 0.3 is 6.16 Å². The first-order valence-corrected chi connectivity index (χ1v) is 10.0. The normalized spacial score (nSPS) is 10.7. The van der Waals surface area contributed by atoms with Crippen molar-refractivity contribution in [2.75, 3.05) is 6.61 Å². The monoisotopic (exact) mass is 393 g/mol. The van der Waals surface area contributed by atoms with Gasteiger partial charge in [0.1, 0.15) is 6.61 Å². The minimum Gasteiger partial charge on any atom is -0.434 e. The SMILES string of the molecule is CCCCCCOC(=O)OCc1ccccc1-c1nc(-c2cccc(C)c2)n[nH]1. The van der Waals surface area contributed by atoms with Crippen molar-refractivity contribution in [1.29, 1.82) is 0 Å². The van der Waals surface area contributed by atoms with Crippen LogP contribution < -0.4 is 0 Å². The van der Waals surface area contributed by atoms with Gasteiger partial charge in [0.25, 0.3) is 0 Å². The second-order valence-corrected chi connectivity index (χ2v) is 6.98. The van der Waals surface area contributed by atoms with Gasteiger partial charge in [-0.1, -0.05) is 74.2 Å². The van der Waals surface area contributed by atoms with Crippen LogP contribution in [0.3, 0.4) is 0 Å². The molecule has 1 aromatic heterocycles. The maximum Gasteiger partial charge on any atom is 0.508 e. The zero-order valence-corrected chi connectivity index (χ0v) is 17.0. The smallest absolute Gasteiger partial charge is 0.434 e. The lowest BCUT2D eigenvalue weighted by Crippen LogP contribution is -2.09.